The van der Waals surface area contributed by atoms with Crippen LogP contribution in [-0.2, 0) is 0 Å². The lowest BCUT2D eigenvalue weighted by Gasteiger charge is -2.28. The second kappa shape index (κ2) is 4.98. The third-order valence-corrected chi connectivity index (χ3v) is 3.59. The number of aliphatic hydroxyl groups is 1. The average molecular weight is 219 g/mol. The number of benzene rings is 1. The fourth-order valence-corrected chi connectivity index (χ4v) is 2.39. The van der Waals surface area contributed by atoms with Crippen LogP contribution < -0.4 is 0 Å². The van der Waals surface area contributed by atoms with Gasteiger partial charge in [0.05, 0.1) is 6.10 Å². The molecule has 1 aromatic carbocycles. The molecule has 1 heterocycles. The van der Waals surface area contributed by atoms with Gasteiger partial charge in [0.2, 0.25) is 0 Å². The second-order valence-electron chi connectivity index (χ2n) is 4.84. The summed E-state index contributed by atoms with van der Waals surface area (Å²) in [6.45, 7) is 6.45. The Kier molecular flexibility index (Phi) is 3.62. The van der Waals surface area contributed by atoms with E-state index < -0.39 is 0 Å². The van der Waals surface area contributed by atoms with Crippen molar-refractivity contribution in [2.24, 2.45) is 0 Å². The summed E-state index contributed by atoms with van der Waals surface area (Å²) >= 11 is 0. The number of hydrogen-bond donors (Lipinski definition) is 1. The lowest BCUT2D eigenvalue weighted by Crippen LogP contribution is -2.35. The van der Waals surface area contributed by atoms with Crippen molar-refractivity contribution in [2.45, 2.75) is 38.8 Å². The minimum absolute atomic E-state index is 0.227. The van der Waals surface area contributed by atoms with Crippen LogP contribution in [-0.4, -0.2) is 29.1 Å². The monoisotopic (exact) mass is 219 g/mol. The molecule has 0 bridgehead atoms. The van der Waals surface area contributed by atoms with E-state index in [2.05, 4.69) is 30.9 Å². The van der Waals surface area contributed by atoms with Crippen molar-refractivity contribution in [1.29, 1.82) is 0 Å². The van der Waals surface area contributed by atoms with Crippen molar-refractivity contribution in [3.8, 4) is 0 Å². The molecule has 0 saturated carbocycles. The summed E-state index contributed by atoms with van der Waals surface area (Å²) < 4.78 is 0. The molecule has 1 saturated heterocycles. The van der Waals surface area contributed by atoms with E-state index in [1.54, 1.807) is 0 Å². The SMILES string of the molecule is Cc1ccc([C@@H](O)[C@@H](C)N2CCCC2)cc1. The van der Waals surface area contributed by atoms with Crippen LogP contribution in [0, 0.1) is 6.92 Å². The summed E-state index contributed by atoms with van der Waals surface area (Å²) in [7, 11) is 0. The molecule has 1 aromatic rings. The van der Waals surface area contributed by atoms with Crippen LogP contribution in [0.5, 0.6) is 0 Å². The molecule has 2 rings (SSSR count). The number of likely N-dealkylation sites (tertiary alicyclic amines) is 1. The Labute approximate surface area is 97.9 Å². The van der Waals surface area contributed by atoms with Crippen LogP contribution in [0.15, 0.2) is 24.3 Å². The van der Waals surface area contributed by atoms with Crippen molar-refractivity contribution in [2.75, 3.05) is 13.1 Å². The van der Waals surface area contributed by atoms with Gasteiger partial charge in [-0.05, 0) is 45.3 Å². The first-order valence-electron chi connectivity index (χ1n) is 6.17. The Bertz CT molecular complexity index is 327. The van der Waals surface area contributed by atoms with Gasteiger partial charge in [-0.25, -0.2) is 0 Å². The highest BCUT2D eigenvalue weighted by Gasteiger charge is 2.24. The van der Waals surface area contributed by atoms with Gasteiger partial charge in [-0.2, -0.15) is 0 Å². The van der Waals surface area contributed by atoms with Crippen LogP contribution >= 0.6 is 0 Å². The summed E-state index contributed by atoms with van der Waals surface area (Å²) in [5.74, 6) is 0. The predicted octanol–water partition coefficient (Wildman–Crippen LogP) is 2.51. The molecule has 0 aromatic heterocycles. The number of hydrogen-bond acceptors (Lipinski definition) is 2. The molecule has 1 fully saturated rings. The highest BCUT2D eigenvalue weighted by Crippen LogP contribution is 2.24. The zero-order valence-electron chi connectivity index (χ0n) is 10.2. The molecule has 0 unspecified atom stereocenters. The fraction of sp³-hybridized carbons (Fsp3) is 0.571. The van der Waals surface area contributed by atoms with Crippen molar-refractivity contribution in [3.05, 3.63) is 35.4 Å². The maximum Gasteiger partial charge on any atom is 0.0942 e. The molecule has 0 amide bonds. The summed E-state index contributed by atoms with van der Waals surface area (Å²) in [6, 6.07) is 8.43. The average Bonchev–Trinajstić information content (AvgIpc) is 2.81. The van der Waals surface area contributed by atoms with Gasteiger partial charge in [0.15, 0.2) is 0 Å². The summed E-state index contributed by atoms with van der Waals surface area (Å²) in [5.41, 5.74) is 2.27. The van der Waals surface area contributed by atoms with Gasteiger partial charge in [0, 0.05) is 6.04 Å². The zero-order valence-corrected chi connectivity index (χ0v) is 10.2. The van der Waals surface area contributed by atoms with Crippen LogP contribution in [0.25, 0.3) is 0 Å². The molecule has 0 radical (unpaired) electrons. The smallest absolute Gasteiger partial charge is 0.0942 e. The molecule has 88 valence electrons. The first kappa shape index (κ1) is 11.6. The van der Waals surface area contributed by atoms with E-state index in [4.69, 9.17) is 0 Å². The van der Waals surface area contributed by atoms with Crippen LogP contribution in [0.1, 0.15) is 37.0 Å². The van der Waals surface area contributed by atoms with Gasteiger partial charge in [-0.1, -0.05) is 29.8 Å². The van der Waals surface area contributed by atoms with E-state index in [1.165, 1.54) is 18.4 Å². The summed E-state index contributed by atoms with van der Waals surface area (Å²) in [4.78, 5) is 2.38. The second-order valence-corrected chi connectivity index (χ2v) is 4.84. The number of rotatable bonds is 3. The van der Waals surface area contributed by atoms with Crippen LogP contribution in [0.4, 0.5) is 0 Å². The Morgan fingerprint density at radius 2 is 1.69 bits per heavy atom. The van der Waals surface area contributed by atoms with Gasteiger partial charge < -0.3 is 5.11 Å². The molecular formula is C14H21NO. The third-order valence-electron chi connectivity index (χ3n) is 3.59. The fourth-order valence-electron chi connectivity index (χ4n) is 2.39. The zero-order chi connectivity index (χ0) is 11.5. The third kappa shape index (κ3) is 2.45. The van der Waals surface area contributed by atoms with Crippen molar-refractivity contribution < 1.29 is 5.11 Å². The number of nitrogens with zero attached hydrogens (tertiary/aromatic N) is 1. The van der Waals surface area contributed by atoms with Crippen molar-refractivity contribution in [3.63, 3.8) is 0 Å². The molecule has 2 nitrogen and oxygen atoms in total. The molecule has 0 aliphatic carbocycles. The van der Waals surface area contributed by atoms with Crippen LogP contribution in [0.3, 0.4) is 0 Å². The highest BCUT2D eigenvalue weighted by atomic mass is 16.3. The van der Waals surface area contributed by atoms with Gasteiger partial charge in [-0.3, -0.25) is 4.90 Å². The number of aliphatic hydroxyl groups excluding tert-OH is 1. The lowest BCUT2D eigenvalue weighted by atomic mass is 10.0. The maximum absolute atomic E-state index is 10.3. The van der Waals surface area contributed by atoms with Crippen molar-refractivity contribution >= 4 is 0 Å². The topological polar surface area (TPSA) is 23.5 Å². The Balaban J connectivity index is 2.05. The van der Waals surface area contributed by atoms with E-state index >= 15 is 0 Å². The Morgan fingerprint density at radius 3 is 2.25 bits per heavy atom. The molecule has 2 atom stereocenters. The van der Waals surface area contributed by atoms with E-state index in [0.29, 0.717) is 0 Å². The quantitative estimate of drug-likeness (QED) is 0.844. The molecular weight excluding hydrogens is 198 g/mol. The van der Waals surface area contributed by atoms with Crippen molar-refractivity contribution in [1.82, 2.24) is 4.90 Å². The van der Waals surface area contributed by atoms with Gasteiger partial charge >= 0.3 is 0 Å². The predicted molar refractivity (Wildman–Crippen MR) is 66.4 cm³/mol. The molecule has 1 aliphatic heterocycles. The molecule has 2 heteroatoms. The maximum atomic E-state index is 10.3. The Hall–Kier alpha value is -0.860. The van der Waals surface area contributed by atoms with E-state index in [9.17, 15) is 5.11 Å². The summed E-state index contributed by atoms with van der Waals surface area (Å²) in [6.07, 6.45) is 2.18. The van der Waals surface area contributed by atoms with Gasteiger partial charge in [0.1, 0.15) is 0 Å². The van der Waals surface area contributed by atoms with Gasteiger partial charge in [-0.15, -0.1) is 0 Å². The molecule has 1 aliphatic rings. The minimum Gasteiger partial charge on any atom is -0.387 e. The standard InChI is InChI=1S/C14H21NO/c1-11-5-7-13(8-6-11)14(16)12(2)15-9-3-4-10-15/h5-8,12,14,16H,3-4,9-10H2,1-2H3/t12-,14+/m1/s1. The normalized spacial score (nSPS) is 20.9. The number of aryl methyl sites for hydroxylation is 1. The molecule has 16 heavy (non-hydrogen) atoms. The highest BCUT2D eigenvalue weighted by molar-refractivity contribution is 5.24. The largest absolute Gasteiger partial charge is 0.387 e. The van der Waals surface area contributed by atoms with E-state index in [-0.39, 0.29) is 12.1 Å². The first-order valence-corrected chi connectivity index (χ1v) is 6.17. The lowest BCUT2D eigenvalue weighted by molar-refractivity contribution is 0.0716. The molecule has 0 spiro atoms. The summed E-state index contributed by atoms with van der Waals surface area (Å²) in [5, 5.41) is 10.3. The molecule has 1 N–H and O–H groups in total. The minimum atomic E-state index is -0.362. The van der Waals surface area contributed by atoms with E-state index in [0.717, 1.165) is 18.7 Å². The Morgan fingerprint density at radius 1 is 1.12 bits per heavy atom. The first-order chi connectivity index (χ1) is 7.68. The van der Waals surface area contributed by atoms with E-state index in [1.807, 2.05) is 12.1 Å². The van der Waals surface area contributed by atoms with Crippen LogP contribution in [0.2, 0.25) is 0 Å². The van der Waals surface area contributed by atoms with Gasteiger partial charge in [0.25, 0.3) is 0 Å².